The van der Waals surface area contributed by atoms with E-state index in [1.807, 2.05) is 73.9 Å². The monoisotopic (exact) mass is 422 g/mol. The summed E-state index contributed by atoms with van der Waals surface area (Å²) in [5.41, 5.74) is 3.01. The maximum atomic E-state index is 12.3. The molecule has 1 aromatic heterocycles. The number of nitrogens with zero attached hydrogens (tertiary/aromatic N) is 3. The first kappa shape index (κ1) is 21.6. The number of benzene rings is 2. The van der Waals surface area contributed by atoms with Gasteiger partial charge in [0.15, 0.2) is 17.1 Å². The SMILES string of the molecule is C=CCn1c(SCC(=O)Nc2cccc(C)c2)nnc1C(C)Oc1cccc(C)c1. The molecule has 0 spiro atoms. The molecule has 30 heavy (non-hydrogen) atoms. The van der Waals surface area contributed by atoms with Crippen molar-refractivity contribution < 1.29 is 9.53 Å². The van der Waals surface area contributed by atoms with E-state index in [0.717, 1.165) is 22.6 Å². The zero-order chi connectivity index (χ0) is 21.5. The Morgan fingerprint density at radius 3 is 2.63 bits per heavy atom. The summed E-state index contributed by atoms with van der Waals surface area (Å²) in [6, 6.07) is 15.6. The third kappa shape index (κ3) is 5.73. The van der Waals surface area contributed by atoms with E-state index < -0.39 is 0 Å². The van der Waals surface area contributed by atoms with Crippen LogP contribution in [0.3, 0.4) is 0 Å². The fourth-order valence-electron chi connectivity index (χ4n) is 3.00. The standard InChI is InChI=1S/C23H26N4O2S/c1-5-12-27-22(18(4)29-20-11-7-9-17(3)14-20)25-26-23(27)30-15-21(28)24-19-10-6-8-16(2)13-19/h5-11,13-14,18H,1,12,15H2,2-4H3,(H,24,28). The van der Waals surface area contributed by atoms with E-state index >= 15 is 0 Å². The summed E-state index contributed by atoms with van der Waals surface area (Å²) in [6.45, 7) is 10.3. The zero-order valence-corrected chi connectivity index (χ0v) is 18.3. The second kappa shape index (κ2) is 10.1. The van der Waals surface area contributed by atoms with Gasteiger partial charge in [-0.1, -0.05) is 42.1 Å². The third-order valence-corrected chi connectivity index (χ3v) is 5.32. The van der Waals surface area contributed by atoms with Crippen LogP contribution in [0.25, 0.3) is 0 Å². The van der Waals surface area contributed by atoms with Crippen LogP contribution in [-0.2, 0) is 11.3 Å². The number of thioether (sulfide) groups is 1. The maximum absolute atomic E-state index is 12.3. The van der Waals surface area contributed by atoms with Crippen LogP contribution >= 0.6 is 11.8 Å². The fraction of sp³-hybridized carbons (Fsp3) is 0.261. The Balaban J connectivity index is 1.67. The quantitative estimate of drug-likeness (QED) is 0.390. The Labute approximate surface area is 181 Å². The minimum Gasteiger partial charge on any atom is -0.483 e. The number of nitrogens with one attached hydrogen (secondary N) is 1. The first-order chi connectivity index (χ1) is 14.5. The van der Waals surface area contributed by atoms with Gasteiger partial charge in [-0.05, 0) is 56.2 Å². The molecular weight excluding hydrogens is 396 g/mol. The summed E-state index contributed by atoms with van der Waals surface area (Å²) in [4.78, 5) is 12.3. The third-order valence-electron chi connectivity index (χ3n) is 4.36. The molecule has 7 heteroatoms. The molecule has 1 unspecified atom stereocenters. The molecule has 1 amide bonds. The summed E-state index contributed by atoms with van der Waals surface area (Å²) in [5, 5.41) is 12.2. The van der Waals surface area contributed by atoms with Crippen molar-refractivity contribution in [2.45, 2.75) is 38.6 Å². The Morgan fingerprint density at radius 1 is 1.20 bits per heavy atom. The van der Waals surface area contributed by atoms with Gasteiger partial charge in [-0.25, -0.2) is 0 Å². The molecule has 2 aromatic carbocycles. The van der Waals surface area contributed by atoms with Crippen LogP contribution in [0.1, 0.15) is 30.0 Å². The van der Waals surface area contributed by atoms with Crippen molar-refractivity contribution in [1.29, 1.82) is 0 Å². The van der Waals surface area contributed by atoms with Crippen LogP contribution in [0.2, 0.25) is 0 Å². The van der Waals surface area contributed by atoms with Gasteiger partial charge < -0.3 is 10.1 Å². The number of aromatic nitrogens is 3. The van der Waals surface area contributed by atoms with E-state index in [1.54, 1.807) is 6.08 Å². The second-order valence-electron chi connectivity index (χ2n) is 7.02. The Bertz CT molecular complexity index is 1030. The number of aryl methyl sites for hydroxylation is 2. The van der Waals surface area contributed by atoms with Gasteiger partial charge in [0, 0.05) is 12.2 Å². The van der Waals surface area contributed by atoms with Crippen LogP contribution in [0.5, 0.6) is 5.75 Å². The molecule has 0 aliphatic carbocycles. The largest absolute Gasteiger partial charge is 0.483 e. The number of rotatable bonds is 9. The molecule has 0 fully saturated rings. The number of hydrogen-bond donors (Lipinski definition) is 1. The normalized spacial score (nSPS) is 11.7. The summed E-state index contributed by atoms with van der Waals surface area (Å²) in [5.74, 6) is 1.61. The Hall–Kier alpha value is -3.06. The highest BCUT2D eigenvalue weighted by atomic mass is 32.2. The number of anilines is 1. The van der Waals surface area contributed by atoms with Crippen LogP contribution in [-0.4, -0.2) is 26.4 Å². The lowest BCUT2D eigenvalue weighted by molar-refractivity contribution is -0.113. The summed E-state index contributed by atoms with van der Waals surface area (Å²) < 4.78 is 7.98. The topological polar surface area (TPSA) is 69.0 Å². The van der Waals surface area contributed by atoms with E-state index in [0.29, 0.717) is 17.5 Å². The summed E-state index contributed by atoms with van der Waals surface area (Å²) >= 11 is 1.34. The maximum Gasteiger partial charge on any atom is 0.234 e. The molecule has 1 heterocycles. The number of allylic oxidation sites excluding steroid dienone is 1. The molecule has 0 aliphatic heterocycles. The lowest BCUT2D eigenvalue weighted by Gasteiger charge is -2.16. The number of carbonyl (C=O) groups excluding carboxylic acids is 1. The molecule has 1 N–H and O–H groups in total. The predicted molar refractivity (Wildman–Crippen MR) is 121 cm³/mol. The van der Waals surface area contributed by atoms with Crippen LogP contribution in [0, 0.1) is 13.8 Å². The molecule has 0 saturated heterocycles. The van der Waals surface area contributed by atoms with Gasteiger partial charge in [-0.15, -0.1) is 16.8 Å². The van der Waals surface area contributed by atoms with Crippen molar-refractivity contribution in [2.75, 3.05) is 11.1 Å². The van der Waals surface area contributed by atoms with Gasteiger partial charge in [0.1, 0.15) is 5.75 Å². The van der Waals surface area contributed by atoms with Crippen LogP contribution in [0.4, 0.5) is 5.69 Å². The van der Waals surface area contributed by atoms with Gasteiger partial charge in [0.2, 0.25) is 5.91 Å². The molecule has 0 saturated carbocycles. The molecule has 0 aliphatic rings. The van der Waals surface area contributed by atoms with Gasteiger partial charge >= 0.3 is 0 Å². The van der Waals surface area contributed by atoms with E-state index in [9.17, 15) is 4.79 Å². The van der Waals surface area contributed by atoms with Gasteiger partial charge in [0.25, 0.3) is 0 Å². The number of hydrogen-bond acceptors (Lipinski definition) is 5. The predicted octanol–water partition coefficient (Wildman–Crippen LogP) is 4.95. The zero-order valence-electron chi connectivity index (χ0n) is 17.5. The van der Waals surface area contributed by atoms with Gasteiger partial charge in [-0.3, -0.25) is 9.36 Å². The van der Waals surface area contributed by atoms with E-state index in [-0.39, 0.29) is 17.8 Å². The Morgan fingerprint density at radius 2 is 1.93 bits per heavy atom. The van der Waals surface area contributed by atoms with Crippen molar-refractivity contribution in [3.05, 3.63) is 78.1 Å². The average molecular weight is 423 g/mol. The highest BCUT2D eigenvalue weighted by molar-refractivity contribution is 7.99. The number of amides is 1. The second-order valence-corrected chi connectivity index (χ2v) is 7.97. The van der Waals surface area contributed by atoms with Crippen LogP contribution in [0.15, 0.2) is 66.3 Å². The lowest BCUT2D eigenvalue weighted by Crippen LogP contribution is -2.15. The first-order valence-corrected chi connectivity index (χ1v) is 10.7. The van der Waals surface area contributed by atoms with Crippen molar-refractivity contribution in [3.8, 4) is 5.75 Å². The average Bonchev–Trinajstić information content (AvgIpc) is 3.09. The molecule has 6 nitrogen and oxygen atoms in total. The molecule has 156 valence electrons. The number of ether oxygens (including phenoxy) is 1. The highest BCUT2D eigenvalue weighted by Crippen LogP contribution is 2.25. The van der Waals surface area contributed by atoms with Gasteiger partial charge in [0.05, 0.1) is 5.75 Å². The molecule has 0 bridgehead atoms. The van der Waals surface area contributed by atoms with Crippen molar-refractivity contribution in [1.82, 2.24) is 14.8 Å². The highest BCUT2D eigenvalue weighted by Gasteiger charge is 2.20. The first-order valence-electron chi connectivity index (χ1n) is 9.73. The summed E-state index contributed by atoms with van der Waals surface area (Å²) in [7, 11) is 0. The van der Waals surface area contributed by atoms with E-state index in [2.05, 4.69) is 22.1 Å². The van der Waals surface area contributed by atoms with Crippen molar-refractivity contribution >= 4 is 23.4 Å². The van der Waals surface area contributed by atoms with Gasteiger partial charge in [-0.2, -0.15) is 0 Å². The fourth-order valence-corrected chi connectivity index (χ4v) is 3.76. The summed E-state index contributed by atoms with van der Waals surface area (Å²) in [6.07, 6.45) is 1.48. The van der Waals surface area contributed by atoms with Crippen molar-refractivity contribution in [2.24, 2.45) is 0 Å². The minimum absolute atomic E-state index is 0.0932. The smallest absolute Gasteiger partial charge is 0.234 e. The van der Waals surface area contributed by atoms with Crippen LogP contribution < -0.4 is 10.1 Å². The lowest BCUT2D eigenvalue weighted by atomic mass is 10.2. The minimum atomic E-state index is -0.297. The molecule has 3 aromatic rings. The van der Waals surface area contributed by atoms with E-state index in [1.165, 1.54) is 11.8 Å². The Kier molecular flexibility index (Phi) is 7.30. The van der Waals surface area contributed by atoms with E-state index in [4.69, 9.17) is 4.74 Å². The molecular formula is C23H26N4O2S. The van der Waals surface area contributed by atoms with Crippen molar-refractivity contribution in [3.63, 3.8) is 0 Å². The molecule has 0 radical (unpaired) electrons. The molecule has 3 rings (SSSR count). The molecule has 1 atom stereocenters. The number of carbonyl (C=O) groups is 1.